The van der Waals surface area contributed by atoms with Crippen LogP contribution in [-0.2, 0) is 9.59 Å². The smallest absolute Gasteiger partial charge is 0.271 e. The van der Waals surface area contributed by atoms with E-state index >= 15 is 0 Å². The highest BCUT2D eigenvalue weighted by Crippen LogP contribution is 2.33. The quantitative estimate of drug-likeness (QED) is 0.650. The van der Waals surface area contributed by atoms with Crippen molar-refractivity contribution in [1.82, 2.24) is 4.90 Å². The van der Waals surface area contributed by atoms with Crippen LogP contribution in [-0.4, -0.2) is 41.8 Å². The van der Waals surface area contributed by atoms with Gasteiger partial charge in [0.25, 0.3) is 5.69 Å². The largest absolute Gasteiger partial charge is 0.495 e. The molecule has 8 nitrogen and oxygen atoms in total. The fourth-order valence-corrected chi connectivity index (χ4v) is 3.09. The first kappa shape index (κ1) is 17.2. The van der Waals surface area contributed by atoms with Crippen LogP contribution in [0.4, 0.5) is 11.4 Å². The van der Waals surface area contributed by atoms with Crippen LogP contribution in [0.2, 0.25) is 0 Å². The number of nitro groups is 1. The predicted molar refractivity (Wildman–Crippen MR) is 90.3 cm³/mol. The molecular weight excluding hydrogens is 326 g/mol. The molecule has 0 spiro atoms. The second kappa shape index (κ2) is 7.08. The molecule has 2 fully saturated rings. The first-order valence-corrected chi connectivity index (χ1v) is 8.41. The van der Waals surface area contributed by atoms with Gasteiger partial charge in [-0.2, -0.15) is 0 Å². The third-order valence-electron chi connectivity index (χ3n) is 4.76. The van der Waals surface area contributed by atoms with Crippen molar-refractivity contribution < 1.29 is 19.2 Å². The van der Waals surface area contributed by atoms with Crippen LogP contribution in [0.15, 0.2) is 18.2 Å². The zero-order valence-electron chi connectivity index (χ0n) is 14.1. The number of nitro benzene ring substituents is 1. The fourth-order valence-electron chi connectivity index (χ4n) is 3.09. The molecule has 1 aliphatic carbocycles. The monoisotopic (exact) mass is 347 g/mol. The van der Waals surface area contributed by atoms with Crippen LogP contribution in [0.25, 0.3) is 0 Å². The van der Waals surface area contributed by atoms with E-state index in [1.807, 2.05) is 4.90 Å². The van der Waals surface area contributed by atoms with Crippen LogP contribution in [0, 0.1) is 22.0 Å². The predicted octanol–water partition coefficient (Wildman–Crippen LogP) is 2.19. The Morgan fingerprint density at radius 1 is 1.20 bits per heavy atom. The molecule has 0 bridgehead atoms. The molecule has 8 heteroatoms. The molecule has 1 aliphatic heterocycles. The average molecular weight is 347 g/mol. The van der Waals surface area contributed by atoms with Crippen LogP contribution >= 0.6 is 0 Å². The van der Waals surface area contributed by atoms with E-state index in [9.17, 15) is 19.7 Å². The summed E-state index contributed by atoms with van der Waals surface area (Å²) in [7, 11) is 1.44. The number of amides is 2. The molecule has 3 rings (SSSR count). The number of rotatable bonds is 5. The lowest BCUT2D eigenvalue weighted by atomic mass is 9.95. The third-order valence-corrected chi connectivity index (χ3v) is 4.76. The van der Waals surface area contributed by atoms with Gasteiger partial charge in [-0.25, -0.2) is 0 Å². The Morgan fingerprint density at radius 2 is 1.88 bits per heavy atom. The summed E-state index contributed by atoms with van der Waals surface area (Å²) >= 11 is 0. The second-order valence-electron chi connectivity index (χ2n) is 6.50. The summed E-state index contributed by atoms with van der Waals surface area (Å²) in [6, 6.07) is 4.09. The molecule has 0 aromatic heterocycles. The van der Waals surface area contributed by atoms with Gasteiger partial charge >= 0.3 is 0 Å². The first-order chi connectivity index (χ1) is 12.0. The van der Waals surface area contributed by atoms with E-state index in [4.69, 9.17) is 4.74 Å². The number of hydrogen-bond acceptors (Lipinski definition) is 5. The number of benzene rings is 1. The lowest BCUT2D eigenvalue weighted by Gasteiger charge is -2.31. The van der Waals surface area contributed by atoms with Crippen molar-refractivity contribution in [2.75, 3.05) is 25.5 Å². The van der Waals surface area contributed by atoms with Gasteiger partial charge in [0.2, 0.25) is 11.8 Å². The minimum Gasteiger partial charge on any atom is -0.495 e. The van der Waals surface area contributed by atoms with Crippen LogP contribution in [0.1, 0.15) is 25.7 Å². The van der Waals surface area contributed by atoms with Crippen LogP contribution in [0.3, 0.4) is 0 Å². The Morgan fingerprint density at radius 3 is 2.44 bits per heavy atom. The molecular formula is C17H21N3O5. The Hall–Kier alpha value is -2.64. The number of methoxy groups -OCH3 is 1. The third kappa shape index (κ3) is 3.89. The molecule has 134 valence electrons. The van der Waals surface area contributed by atoms with Crippen molar-refractivity contribution in [2.24, 2.45) is 11.8 Å². The second-order valence-corrected chi connectivity index (χ2v) is 6.50. The topological polar surface area (TPSA) is 102 Å². The lowest BCUT2D eigenvalue weighted by Crippen LogP contribution is -2.42. The van der Waals surface area contributed by atoms with E-state index in [0.717, 1.165) is 12.8 Å². The highest BCUT2D eigenvalue weighted by molar-refractivity contribution is 5.94. The number of ether oxygens (including phenoxy) is 1. The van der Waals surface area contributed by atoms with Gasteiger partial charge in [0.05, 0.1) is 17.7 Å². The first-order valence-electron chi connectivity index (χ1n) is 8.41. The summed E-state index contributed by atoms with van der Waals surface area (Å²) in [5.41, 5.74) is 0.180. The zero-order chi connectivity index (χ0) is 18.0. The molecule has 1 heterocycles. The summed E-state index contributed by atoms with van der Waals surface area (Å²) in [6.07, 6.45) is 3.15. The van der Waals surface area contributed by atoms with Gasteiger partial charge in [-0.05, 0) is 31.7 Å². The maximum absolute atomic E-state index is 12.5. The molecule has 1 saturated carbocycles. The summed E-state index contributed by atoms with van der Waals surface area (Å²) in [6.45, 7) is 1.17. The van der Waals surface area contributed by atoms with Crippen LogP contribution < -0.4 is 10.1 Å². The number of nitrogens with zero attached hydrogens (tertiary/aromatic N) is 2. The molecule has 2 amide bonds. The number of nitrogens with one attached hydrogen (secondary N) is 1. The summed E-state index contributed by atoms with van der Waals surface area (Å²) in [4.78, 5) is 36.8. The Bertz CT molecular complexity index is 694. The number of anilines is 1. The maximum Gasteiger partial charge on any atom is 0.271 e. The molecule has 1 aromatic rings. The Balaban J connectivity index is 1.61. The molecule has 0 atom stereocenters. The number of carbonyl (C=O) groups excluding carboxylic acids is 2. The van der Waals surface area contributed by atoms with Gasteiger partial charge in [-0.15, -0.1) is 0 Å². The van der Waals surface area contributed by atoms with Gasteiger partial charge in [0, 0.05) is 37.1 Å². The minimum atomic E-state index is -0.517. The summed E-state index contributed by atoms with van der Waals surface area (Å²) < 4.78 is 5.16. The molecule has 1 aromatic carbocycles. The molecule has 25 heavy (non-hydrogen) atoms. The highest BCUT2D eigenvalue weighted by atomic mass is 16.6. The molecule has 0 unspecified atom stereocenters. The van der Waals surface area contributed by atoms with Crippen molar-refractivity contribution in [3.8, 4) is 5.75 Å². The van der Waals surface area contributed by atoms with Crippen molar-refractivity contribution in [1.29, 1.82) is 0 Å². The molecule has 1 saturated heterocycles. The van der Waals surface area contributed by atoms with Crippen molar-refractivity contribution >= 4 is 23.2 Å². The summed E-state index contributed by atoms with van der Waals surface area (Å²) in [5, 5.41) is 13.6. The average Bonchev–Trinajstić information content (AvgIpc) is 3.46. The molecule has 2 aliphatic rings. The lowest BCUT2D eigenvalue weighted by molar-refractivity contribution is -0.384. The van der Waals surface area contributed by atoms with Crippen LogP contribution in [0.5, 0.6) is 5.75 Å². The van der Waals surface area contributed by atoms with E-state index in [0.29, 0.717) is 31.7 Å². The minimum absolute atomic E-state index is 0.110. The van der Waals surface area contributed by atoms with Gasteiger partial charge in [0.15, 0.2) is 0 Å². The Kier molecular flexibility index (Phi) is 4.87. The van der Waals surface area contributed by atoms with Crippen molar-refractivity contribution in [3.05, 3.63) is 28.3 Å². The van der Waals surface area contributed by atoms with E-state index < -0.39 is 4.92 Å². The highest BCUT2D eigenvalue weighted by Gasteiger charge is 2.36. The molecule has 1 N–H and O–H groups in total. The normalized spacial score (nSPS) is 17.9. The Labute approximate surface area is 145 Å². The summed E-state index contributed by atoms with van der Waals surface area (Å²) in [5.74, 6) is 0.364. The maximum atomic E-state index is 12.5. The number of hydrogen-bond donors (Lipinski definition) is 1. The SMILES string of the molecule is COc1ccc([N+](=O)[O-])cc1NC(=O)C1CCN(C(=O)C2CC2)CC1. The van der Waals surface area contributed by atoms with Gasteiger partial charge < -0.3 is 15.0 Å². The number of likely N-dealkylation sites (tertiary alicyclic amines) is 1. The van der Waals surface area contributed by atoms with Gasteiger partial charge in [-0.3, -0.25) is 19.7 Å². The van der Waals surface area contributed by atoms with E-state index in [2.05, 4.69) is 5.32 Å². The number of non-ortho nitro benzene ring substituents is 1. The van der Waals surface area contributed by atoms with Crippen molar-refractivity contribution in [3.63, 3.8) is 0 Å². The number of carbonyl (C=O) groups is 2. The zero-order valence-corrected chi connectivity index (χ0v) is 14.1. The fraction of sp³-hybridized carbons (Fsp3) is 0.529. The van der Waals surface area contributed by atoms with E-state index in [1.165, 1.54) is 25.3 Å². The molecule has 0 radical (unpaired) electrons. The van der Waals surface area contributed by atoms with Gasteiger partial charge in [0.1, 0.15) is 5.75 Å². The van der Waals surface area contributed by atoms with Crippen molar-refractivity contribution in [2.45, 2.75) is 25.7 Å². The standard InChI is InChI=1S/C17H21N3O5/c1-25-15-5-4-13(20(23)24)10-14(15)18-16(21)11-6-8-19(9-7-11)17(22)12-2-3-12/h4-5,10-12H,2-3,6-9H2,1H3,(H,18,21). The van der Waals surface area contributed by atoms with Gasteiger partial charge in [-0.1, -0.05) is 0 Å². The van der Waals surface area contributed by atoms with E-state index in [-0.39, 0.29) is 35.0 Å². The van der Waals surface area contributed by atoms with E-state index in [1.54, 1.807) is 0 Å². The number of piperidine rings is 1.